The molecule has 0 aromatic heterocycles. The fourth-order valence-corrected chi connectivity index (χ4v) is 3.51. The summed E-state index contributed by atoms with van der Waals surface area (Å²) in [6.07, 6.45) is 6.36. The van der Waals surface area contributed by atoms with Gasteiger partial charge in [-0.25, -0.2) is 4.79 Å². The number of carbonyl (C=O) groups is 2. The zero-order valence-electron chi connectivity index (χ0n) is 12.4. The molecule has 2 fully saturated rings. The third kappa shape index (κ3) is 2.68. The van der Waals surface area contributed by atoms with Gasteiger partial charge in [0, 0.05) is 7.11 Å². The van der Waals surface area contributed by atoms with Gasteiger partial charge < -0.3 is 15.2 Å². The molecule has 20 heavy (non-hydrogen) atoms. The Labute approximate surface area is 120 Å². The number of carbonyl (C=O) groups excluding carboxylic acids is 1. The molecule has 2 unspecified atom stereocenters. The fourth-order valence-electron chi connectivity index (χ4n) is 3.51. The smallest absolute Gasteiger partial charge is 0.329 e. The molecule has 2 N–H and O–H groups in total. The number of carboxylic acids is 1. The van der Waals surface area contributed by atoms with Crippen molar-refractivity contribution in [3.8, 4) is 0 Å². The number of hydrogen-bond donors (Lipinski definition) is 2. The van der Waals surface area contributed by atoms with Crippen molar-refractivity contribution in [1.29, 1.82) is 0 Å². The van der Waals surface area contributed by atoms with Crippen LogP contribution in [0.1, 0.15) is 58.3 Å². The number of methoxy groups -OCH3 is 1. The Kier molecular flexibility index (Phi) is 4.37. The minimum Gasteiger partial charge on any atom is -0.479 e. The van der Waals surface area contributed by atoms with Crippen LogP contribution in [0.15, 0.2) is 0 Å². The lowest BCUT2D eigenvalue weighted by molar-refractivity contribution is -0.154. The van der Waals surface area contributed by atoms with Crippen LogP contribution in [-0.2, 0) is 14.3 Å². The highest BCUT2D eigenvalue weighted by Gasteiger charge is 2.48. The number of hydrogen-bond acceptors (Lipinski definition) is 3. The van der Waals surface area contributed by atoms with E-state index in [9.17, 15) is 14.7 Å². The Bertz CT molecular complexity index is 386. The molecule has 2 atom stereocenters. The van der Waals surface area contributed by atoms with Crippen LogP contribution in [0.25, 0.3) is 0 Å². The first-order valence-electron chi connectivity index (χ1n) is 7.54. The van der Waals surface area contributed by atoms with Gasteiger partial charge in [-0.2, -0.15) is 0 Å². The van der Waals surface area contributed by atoms with Crippen LogP contribution < -0.4 is 5.32 Å². The van der Waals surface area contributed by atoms with Crippen molar-refractivity contribution in [2.45, 2.75) is 69.4 Å². The predicted molar refractivity (Wildman–Crippen MR) is 74.3 cm³/mol. The molecule has 5 nitrogen and oxygen atoms in total. The average Bonchev–Trinajstić information content (AvgIpc) is 2.36. The number of nitrogens with one attached hydrogen (secondary N) is 1. The van der Waals surface area contributed by atoms with Crippen LogP contribution in [0.5, 0.6) is 0 Å². The van der Waals surface area contributed by atoms with Crippen LogP contribution in [0, 0.1) is 5.92 Å². The molecule has 2 aliphatic rings. The van der Waals surface area contributed by atoms with E-state index in [1.54, 1.807) is 7.11 Å². The maximum atomic E-state index is 12.3. The summed E-state index contributed by atoms with van der Waals surface area (Å²) in [6.45, 7) is 1.92. The SMILES string of the molecule is COC1(CC(=O)NC2(C(=O)O)CCCCC2C)CCC1. The van der Waals surface area contributed by atoms with Crippen molar-refractivity contribution in [2.75, 3.05) is 7.11 Å². The number of aliphatic carboxylic acids is 1. The van der Waals surface area contributed by atoms with E-state index in [1.165, 1.54) is 0 Å². The number of carboxylic acid groups (broad SMARTS) is 1. The standard InChI is InChI=1S/C15H25NO4/c1-11-6-3-4-9-15(11,13(18)19)16-12(17)10-14(20-2)7-5-8-14/h11H,3-10H2,1-2H3,(H,16,17)(H,18,19). The zero-order chi connectivity index (χ0) is 14.8. The topological polar surface area (TPSA) is 75.6 Å². The van der Waals surface area contributed by atoms with E-state index < -0.39 is 11.5 Å². The van der Waals surface area contributed by atoms with Crippen molar-refractivity contribution >= 4 is 11.9 Å². The first-order valence-corrected chi connectivity index (χ1v) is 7.54. The van der Waals surface area contributed by atoms with E-state index in [0.717, 1.165) is 38.5 Å². The van der Waals surface area contributed by atoms with E-state index in [-0.39, 0.29) is 23.8 Å². The number of ether oxygens (including phenoxy) is 1. The predicted octanol–water partition coefficient (Wildman–Crippen LogP) is 2.10. The Morgan fingerprint density at radius 1 is 1.25 bits per heavy atom. The van der Waals surface area contributed by atoms with Gasteiger partial charge in [-0.05, 0) is 38.0 Å². The summed E-state index contributed by atoms with van der Waals surface area (Å²) in [7, 11) is 1.63. The zero-order valence-corrected chi connectivity index (χ0v) is 12.4. The van der Waals surface area contributed by atoms with Gasteiger partial charge in [0.05, 0.1) is 12.0 Å². The van der Waals surface area contributed by atoms with Gasteiger partial charge in [0.1, 0.15) is 5.54 Å². The van der Waals surface area contributed by atoms with E-state index in [4.69, 9.17) is 4.74 Å². The van der Waals surface area contributed by atoms with Crippen LogP contribution in [0.4, 0.5) is 0 Å². The lowest BCUT2D eigenvalue weighted by Crippen LogP contribution is -2.61. The Balaban J connectivity index is 2.04. The summed E-state index contributed by atoms with van der Waals surface area (Å²) >= 11 is 0. The normalized spacial score (nSPS) is 32.2. The largest absolute Gasteiger partial charge is 0.479 e. The molecule has 0 bridgehead atoms. The molecule has 5 heteroatoms. The van der Waals surface area contributed by atoms with E-state index in [2.05, 4.69) is 5.32 Å². The molecule has 2 aliphatic carbocycles. The highest BCUT2D eigenvalue weighted by molar-refractivity contribution is 5.87. The first-order chi connectivity index (χ1) is 9.44. The Hall–Kier alpha value is -1.10. The molecule has 0 aromatic carbocycles. The van der Waals surface area contributed by atoms with Crippen molar-refractivity contribution in [3.63, 3.8) is 0 Å². The number of rotatable bonds is 5. The highest BCUT2D eigenvalue weighted by atomic mass is 16.5. The van der Waals surface area contributed by atoms with Gasteiger partial charge in [0.15, 0.2) is 0 Å². The van der Waals surface area contributed by atoms with Crippen LogP contribution >= 0.6 is 0 Å². The van der Waals surface area contributed by atoms with Crippen LogP contribution in [-0.4, -0.2) is 35.2 Å². The van der Waals surface area contributed by atoms with Gasteiger partial charge in [-0.1, -0.05) is 19.8 Å². The summed E-state index contributed by atoms with van der Waals surface area (Å²) < 4.78 is 5.45. The van der Waals surface area contributed by atoms with Crippen molar-refractivity contribution < 1.29 is 19.4 Å². The van der Waals surface area contributed by atoms with E-state index in [0.29, 0.717) is 6.42 Å². The first kappa shape index (κ1) is 15.3. The average molecular weight is 283 g/mol. The molecular formula is C15H25NO4. The van der Waals surface area contributed by atoms with Gasteiger partial charge in [-0.15, -0.1) is 0 Å². The van der Waals surface area contributed by atoms with E-state index >= 15 is 0 Å². The van der Waals surface area contributed by atoms with Gasteiger partial charge in [0.25, 0.3) is 0 Å². The molecule has 2 rings (SSSR count). The lowest BCUT2D eigenvalue weighted by Gasteiger charge is -2.43. The molecule has 1 amide bonds. The summed E-state index contributed by atoms with van der Waals surface area (Å²) in [5, 5.41) is 12.4. The maximum Gasteiger partial charge on any atom is 0.329 e. The Morgan fingerprint density at radius 2 is 1.95 bits per heavy atom. The second kappa shape index (κ2) is 5.72. The second-order valence-electron chi connectivity index (χ2n) is 6.39. The number of amides is 1. The molecule has 2 saturated carbocycles. The highest BCUT2D eigenvalue weighted by Crippen LogP contribution is 2.39. The van der Waals surface area contributed by atoms with Crippen molar-refractivity contribution in [2.24, 2.45) is 5.92 Å². The van der Waals surface area contributed by atoms with E-state index in [1.807, 2.05) is 6.92 Å². The molecule has 114 valence electrons. The van der Waals surface area contributed by atoms with Crippen LogP contribution in [0.3, 0.4) is 0 Å². The van der Waals surface area contributed by atoms with Crippen molar-refractivity contribution in [3.05, 3.63) is 0 Å². The monoisotopic (exact) mass is 283 g/mol. The summed E-state index contributed by atoms with van der Waals surface area (Å²) in [5.41, 5.74) is -1.45. The molecule has 0 radical (unpaired) electrons. The lowest BCUT2D eigenvalue weighted by atomic mass is 9.72. The molecule has 0 heterocycles. The third-order valence-electron chi connectivity index (χ3n) is 5.22. The van der Waals surface area contributed by atoms with Crippen molar-refractivity contribution in [1.82, 2.24) is 5.32 Å². The van der Waals surface area contributed by atoms with Gasteiger partial charge in [-0.3, -0.25) is 4.79 Å². The minimum absolute atomic E-state index is 0.0300. The van der Waals surface area contributed by atoms with Crippen LogP contribution in [0.2, 0.25) is 0 Å². The molecule has 0 aliphatic heterocycles. The van der Waals surface area contributed by atoms with Gasteiger partial charge >= 0.3 is 5.97 Å². The quantitative estimate of drug-likeness (QED) is 0.810. The van der Waals surface area contributed by atoms with Gasteiger partial charge in [0.2, 0.25) is 5.91 Å². The Morgan fingerprint density at radius 3 is 2.40 bits per heavy atom. The second-order valence-corrected chi connectivity index (χ2v) is 6.39. The fraction of sp³-hybridized carbons (Fsp3) is 0.867. The molecule has 0 aromatic rings. The minimum atomic E-state index is -1.09. The molecular weight excluding hydrogens is 258 g/mol. The molecule has 0 saturated heterocycles. The third-order valence-corrected chi connectivity index (χ3v) is 5.22. The maximum absolute atomic E-state index is 12.3. The summed E-state index contributed by atoms with van der Waals surface area (Å²) in [5.74, 6) is -1.13. The molecule has 0 spiro atoms. The summed E-state index contributed by atoms with van der Waals surface area (Å²) in [6, 6.07) is 0. The summed E-state index contributed by atoms with van der Waals surface area (Å²) in [4.78, 5) is 24.0.